The zero-order valence-corrected chi connectivity index (χ0v) is 14.7. The summed E-state index contributed by atoms with van der Waals surface area (Å²) in [7, 11) is -4.06. The number of carbonyl (C=O) groups excluding carboxylic acids is 2. The summed E-state index contributed by atoms with van der Waals surface area (Å²) in [6, 6.07) is 4.83. The maximum absolute atomic E-state index is 13.6. The molecule has 3 heterocycles. The van der Waals surface area contributed by atoms with Gasteiger partial charge in [0.15, 0.2) is 15.2 Å². The maximum atomic E-state index is 13.6. The van der Waals surface area contributed by atoms with Crippen molar-refractivity contribution in [3.8, 4) is 0 Å². The molecule has 0 N–H and O–H groups in total. The van der Waals surface area contributed by atoms with E-state index in [4.69, 9.17) is 0 Å². The second kappa shape index (κ2) is 6.16. The first kappa shape index (κ1) is 17.8. The van der Waals surface area contributed by atoms with Gasteiger partial charge in [0.2, 0.25) is 0 Å². The fraction of sp³-hybridized carbons (Fsp3) is 0.154. The third-order valence-corrected chi connectivity index (χ3v) is 5.12. The number of halogens is 1. The second-order valence-corrected chi connectivity index (χ2v) is 6.79. The van der Waals surface area contributed by atoms with Crippen LogP contribution in [0.25, 0.3) is 6.08 Å². The summed E-state index contributed by atoms with van der Waals surface area (Å²) in [5, 5.41) is 9.43. The van der Waals surface area contributed by atoms with E-state index in [2.05, 4.69) is 4.98 Å². The minimum Gasteiger partial charge on any atom is -0.543 e. The van der Waals surface area contributed by atoms with Gasteiger partial charge in [-0.3, -0.25) is 14.7 Å². The molecule has 0 aromatic carbocycles. The number of rotatable bonds is 2. The van der Waals surface area contributed by atoms with Crippen molar-refractivity contribution >= 4 is 27.8 Å². The summed E-state index contributed by atoms with van der Waals surface area (Å²) in [5.74, 6) is -5.30. The molecular formula is C13H8FN2NaO5S. The van der Waals surface area contributed by atoms with Crippen molar-refractivity contribution in [2.75, 3.05) is 5.75 Å². The summed E-state index contributed by atoms with van der Waals surface area (Å²) < 4.78 is 37.7. The van der Waals surface area contributed by atoms with E-state index in [0.29, 0.717) is 10.6 Å². The molecule has 0 unspecified atom stereocenters. The third-order valence-electron chi connectivity index (χ3n) is 3.32. The van der Waals surface area contributed by atoms with Crippen LogP contribution < -0.4 is 34.7 Å². The molecule has 0 bridgehead atoms. The van der Waals surface area contributed by atoms with Gasteiger partial charge in [-0.1, -0.05) is 6.07 Å². The first-order chi connectivity index (χ1) is 10.3. The van der Waals surface area contributed by atoms with E-state index in [1.54, 1.807) is 18.2 Å². The van der Waals surface area contributed by atoms with Crippen LogP contribution in [-0.2, 0) is 19.4 Å². The van der Waals surface area contributed by atoms with Crippen LogP contribution in [0.5, 0.6) is 0 Å². The Morgan fingerprint density at radius 1 is 1.43 bits per heavy atom. The van der Waals surface area contributed by atoms with Gasteiger partial charge in [0, 0.05) is 6.20 Å². The Bertz CT molecular complexity index is 850. The van der Waals surface area contributed by atoms with E-state index in [9.17, 15) is 27.5 Å². The molecule has 2 aliphatic rings. The number of amides is 1. The predicted octanol–water partition coefficient (Wildman–Crippen LogP) is -4.00. The molecule has 1 saturated heterocycles. The van der Waals surface area contributed by atoms with Crippen LogP contribution in [-0.4, -0.2) is 41.3 Å². The number of β-lactam (4-membered cyclic amide) rings is 1. The average molecular weight is 346 g/mol. The SMILES string of the molecule is O=C([O-])C1=C(F)CS(=O)(=O)[C@@H]2/C(=C/c3ccccn3)C(=O)N12.[Na+]. The molecule has 1 aromatic rings. The molecule has 10 heteroatoms. The number of hydrogen-bond acceptors (Lipinski definition) is 6. The molecule has 0 aliphatic carbocycles. The van der Waals surface area contributed by atoms with Gasteiger partial charge in [-0.25, -0.2) is 12.8 Å². The van der Waals surface area contributed by atoms with Crippen LogP contribution in [0.4, 0.5) is 4.39 Å². The normalized spacial score (nSPS) is 23.9. The molecule has 1 aromatic heterocycles. The Morgan fingerprint density at radius 3 is 2.70 bits per heavy atom. The van der Waals surface area contributed by atoms with Crippen molar-refractivity contribution < 1.29 is 57.1 Å². The van der Waals surface area contributed by atoms with Crippen molar-refractivity contribution in [2.24, 2.45) is 0 Å². The van der Waals surface area contributed by atoms with Gasteiger partial charge in [-0.05, 0) is 18.2 Å². The molecular weight excluding hydrogens is 338 g/mol. The van der Waals surface area contributed by atoms with E-state index in [0.717, 1.165) is 0 Å². The summed E-state index contributed by atoms with van der Waals surface area (Å²) in [4.78, 5) is 27.3. The second-order valence-electron chi connectivity index (χ2n) is 4.73. The van der Waals surface area contributed by atoms with Gasteiger partial charge < -0.3 is 9.90 Å². The first-order valence-corrected chi connectivity index (χ1v) is 7.82. The quantitative estimate of drug-likeness (QED) is 0.307. The third kappa shape index (κ3) is 2.85. The van der Waals surface area contributed by atoms with Gasteiger partial charge in [-0.2, -0.15) is 0 Å². The molecule has 23 heavy (non-hydrogen) atoms. The smallest absolute Gasteiger partial charge is 0.543 e. The van der Waals surface area contributed by atoms with Crippen LogP contribution in [0, 0.1) is 0 Å². The van der Waals surface area contributed by atoms with E-state index in [1.807, 2.05) is 0 Å². The van der Waals surface area contributed by atoms with Gasteiger partial charge in [0.05, 0.1) is 17.2 Å². The molecule has 3 rings (SSSR count). The van der Waals surface area contributed by atoms with Gasteiger partial charge >= 0.3 is 29.6 Å². The number of aliphatic carboxylic acids is 1. The molecule has 7 nitrogen and oxygen atoms in total. The number of carboxylic acid groups (broad SMARTS) is 1. The first-order valence-electron chi connectivity index (χ1n) is 6.10. The Balaban J connectivity index is 0.00000192. The zero-order chi connectivity index (χ0) is 16.1. The maximum Gasteiger partial charge on any atom is 1.00 e. The minimum atomic E-state index is -4.06. The molecule has 2 aliphatic heterocycles. The Labute approximate surface area is 152 Å². The fourth-order valence-corrected chi connectivity index (χ4v) is 4.14. The summed E-state index contributed by atoms with van der Waals surface area (Å²) >= 11 is 0. The van der Waals surface area contributed by atoms with Gasteiger partial charge in [0.1, 0.15) is 17.3 Å². The monoisotopic (exact) mass is 346 g/mol. The minimum absolute atomic E-state index is 0. The molecule has 0 radical (unpaired) electrons. The van der Waals surface area contributed by atoms with Crippen molar-refractivity contribution in [3.05, 3.63) is 47.2 Å². The van der Waals surface area contributed by atoms with Crippen LogP contribution in [0.15, 0.2) is 41.5 Å². The van der Waals surface area contributed by atoms with E-state index < -0.39 is 44.4 Å². The summed E-state index contributed by atoms with van der Waals surface area (Å²) in [6.07, 6.45) is 2.70. The van der Waals surface area contributed by atoms with Crippen LogP contribution in [0.1, 0.15) is 5.69 Å². The standard InChI is InChI=1S/C13H9FN2O5S.Na/c14-9-6-22(20,21)12-8(5-7-3-1-2-4-15-7)11(17)16(12)10(9)13(18)19;/h1-5,12H,6H2,(H,18,19);/q;+1/p-1/b8-5+;/t12-;/m1./s1. The van der Waals surface area contributed by atoms with E-state index >= 15 is 0 Å². The number of carbonyl (C=O) groups is 2. The summed E-state index contributed by atoms with van der Waals surface area (Å²) in [6.45, 7) is 0. The molecule has 0 spiro atoms. The number of aromatic nitrogens is 1. The van der Waals surface area contributed by atoms with Gasteiger partial charge in [-0.15, -0.1) is 0 Å². The topological polar surface area (TPSA) is 107 Å². The number of nitrogens with zero attached hydrogens (tertiary/aromatic N) is 2. The molecule has 1 fully saturated rings. The number of hydrogen-bond donors (Lipinski definition) is 0. The molecule has 114 valence electrons. The summed E-state index contributed by atoms with van der Waals surface area (Å²) in [5.41, 5.74) is -0.835. The van der Waals surface area contributed by atoms with Crippen molar-refractivity contribution in [1.82, 2.24) is 9.88 Å². The Kier molecular flexibility index (Phi) is 4.76. The Morgan fingerprint density at radius 2 is 2.13 bits per heavy atom. The van der Waals surface area contributed by atoms with Crippen LogP contribution in [0.3, 0.4) is 0 Å². The Hall–Kier alpha value is -1.55. The van der Waals surface area contributed by atoms with E-state index in [1.165, 1.54) is 12.3 Å². The average Bonchev–Trinajstić information content (AvgIpc) is 2.44. The van der Waals surface area contributed by atoms with Crippen molar-refractivity contribution in [1.29, 1.82) is 0 Å². The van der Waals surface area contributed by atoms with Crippen LogP contribution >= 0.6 is 0 Å². The molecule has 0 saturated carbocycles. The molecule has 1 amide bonds. The predicted molar refractivity (Wildman–Crippen MR) is 69.8 cm³/mol. The number of pyridine rings is 1. The van der Waals surface area contributed by atoms with Crippen LogP contribution in [0.2, 0.25) is 0 Å². The van der Waals surface area contributed by atoms with Gasteiger partial charge in [0.25, 0.3) is 5.91 Å². The molecule has 1 atom stereocenters. The number of carboxylic acids is 1. The number of fused-ring (bicyclic) bond motifs is 1. The zero-order valence-electron chi connectivity index (χ0n) is 11.9. The largest absolute Gasteiger partial charge is 1.00 e. The fourth-order valence-electron chi connectivity index (χ4n) is 2.41. The van der Waals surface area contributed by atoms with E-state index in [-0.39, 0.29) is 35.1 Å². The van der Waals surface area contributed by atoms with Crippen molar-refractivity contribution in [3.63, 3.8) is 0 Å². The number of sulfone groups is 1. The van der Waals surface area contributed by atoms with Crippen molar-refractivity contribution in [2.45, 2.75) is 5.37 Å².